The van der Waals surface area contributed by atoms with Crippen molar-refractivity contribution >= 4 is 11.7 Å². The molecule has 170 valence electrons. The summed E-state index contributed by atoms with van der Waals surface area (Å²) in [4.78, 5) is 27.5. The van der Waals surface area contributed by atoms with Crippen molar-refractivity contribution in [2.24, 2.45) is 0 Å². The molecule has 0 fully saturated rings. The van der Waals surface area contributed by atoms with Crippen LogP contribution in [0.25, 0.3) is 0 Å². The summed E-state index contributed by atoms with van der Waals surface area (Å²) in [5, 5.41) is 14.3. The smallest absolute Gasteiger partial charge is 0.255 e. The quantitative estimate of drug-likeness (QED) is 0.472. The molecule has 10 heteroatoms. The molecule has 0 saturated carbocycles. The predicted molar refractivity (Wildman–Crippen MR) is 122 cm³/mol. The van der Waals surface area contributed by atoms with Gasteiger partial charge < -0.3 is 15.0 Å². The van der Waals surface area contributed by atoms with E-state index >= 15 is 0 Å². The first kappa shape index (κ1) is 20.3. The lowest BCUT2D eigenvalue weighted by molar-refractivity contribution is 0.0731. The molecule has 4 heterocycles. The van der Waals surface area contributed by atoms with Crippen LogP contribution in [0.1, 0.15) is 32.9 Å². The molecule has 3 aromatic heterocycles. The average molecular weight is 454 g/mol. The van der Waals surface area contributed by atoms with E-state index < -0.39 is 0 Å². The fourth-order valence-electron chi connectivity index (χ4n) is 4.51. The maximum atomic E-state index is 13.0. The summed E-state index contributed by atoms with van der Waals surface area (Å²) in [6, 6.07) is 12.2. The van der Waals surface area contributed by atoms with Gasteiger partial charge in [0.1, 0.15) is 23.6 Å². The van der Waals surface area contributed by atoms with Crippen LogP contribution in [0.3, 0.4) is 0 Å². The van der Waals surface area contributed by atoms with E-state index in [4.69, 9.17) is 4.74 Å². The van der Waals surface area contributed by atoms with Crippen molar-refractivity contribution in [3.05, 3.63) is 83.2 Å². The Labute approximate surface area is 195 Å². The lowest BCUT2D eigenvalue weighted by Gasteiger charge is -2.25. The number of H-pyrrole nitrogens is 1. The number of benzene rings is 1. The van der Waals surface area contributed by atoms with Gasteiger partial charge in [-0.3, -0.25) is 9.78 Å². The normalized spacial score (nSPS) is 15.0. The third-order valence-corrected chi connectivity index (χ3v) is 6.18. The van der Waals surface area contributed by atoms with Crippen LogP contribution in [0.4, 0.5) is 5.82 Å². The summed E-state index contributed by atoms with van der Waals surface area (Å²) in [6.07, 6.45) is 7.15. The Balaban J connectivity index is 1.13. The molecule has 4 aromatic rings. The molecule has 0 atom stereocenters. The minimum Gasteiger partial charge on any atom is -0.437 e. The van der Waals surface area contributed by atoms with Gasteiger partial charge in [0, 0.05) is 31.3 Å². The van der Waals surface area contributed by atoms with E-state index in [1.165, 1.54) is 23.7 Å². The molecule has 6 rings (SSSR count). The molecule has 2 aliphatic rings. The Kier molecular flexibility index (Phi) is 5.10. The second kappa shape index (κ2) is 8.54. The molecule has 0 unspecified atom stereocenters. The number of amides is 1. The lowest BCUT2D eigenvalue weighted by atomic mass is 10.1. The molecule has 1 aromatic carbocycles. The predicted octanol–water partition coefficient (Wildman–Crippen LogP) is 2.56. The Morgan fingerprint density at radius 3 is 2.74 bits per heavy atom. The summed E-state index contributed by atoms with van der Waals surface area (Å²) in [7, 11) is 0. The summed E-state index contributed by atoms with van der Waals surface area (Å²) < 4.78 is 5.92. The average Bonchev–Trinajstić information content (AvgIpc) is 3.50. The largest absolute Gasteiger partial charge is 0.437 e. The number of aromatic nitrogens is 6. The van der Waals surface area contributed by atoms with E-state index in [-0.39, 0.29) is 11.9 Å². The van der Waals surface area contributed by atoms with Crippen LogP contribution in [0.2, 0.25) is 0 Å². The zero-order chi connectivity index (χ0) is 22.9. The van der Waals surface area contributed by atoms with Crippen LogP contribution < -0.4 is 10.1 Å². The van der Waals surface area contributed by atoms with Crippen molar-refractivity contribution in [1.29, 1.82) is 0 Å². The minimum absolute atomic E-state index is 0.127. The molecule has 10 nitrogen and oxygen atoms in total. The van der Waals surface area contributed by atoms with E-state index in [0.29, 0.717) is 42.5 Å². The summed E-state index contributed by atoms with van der Waals surface area (Å²) in [5.41, 5.74) is 4.89. The van der Waals surface area contributed by atoms with Crippen LogP contribution in [0.15, 0.2) is 55.1 Å². The molecule has 0 saturated heterocycles. The maximum absolute atomic E-state index is 13.0. The standard InChI is InChI=1S/C24H22N8O2/c33-24(32-6-5-20-21(13-32)30-31-29-20)17-9-19(12-25-11-17)34-23-10-22(26-14-27-23)28-18-7-15-3-1-2-4-16(15)8-18/h1-4,9-12,14,18H,5-8,13H2,(H,26,27,28)(H,29,30,31). The van der Waals surface area contributed by atoms with Crippen molar-refractivity contribution in [2.75, 3.05) is 11.9 Å². The number of nitrogens with zero attached hydrogens (tertiary/aromatic N) is 6. The molecule has 0 radical (unpaired) electrons. The van der Waals surface area contributed by atoms with Crippen molar-refractivity contribution in [3.8, 4) is 11.6 Å². The summed E-state index contributed by atoms with van der Waals surface area (Å²) in [5.74, 6) is 1.38. The highest BCUT2D eigenvalue weighted by Gasteiger charge is 2.25. The van der Waals surface area contributed by atoms with Gasteiger partial charge >= 0.3 is 0 Å². The van der Waals surface area contributed by atoms with Crippen molar-refractivity contribution in [3.63, 3.8) is 0 Å². The van der Waals surface area contributed by atoms with Crippen LogP contribution in [-0.4, -0.2) is 53.8 Å². The van der Waals surface area contributed by atoms with Gasteiger partial charge in [-0.25, -0.2) is 9.97 Å². The van der Waals surface area contributed by atoms with Crippen LogP contribution in [0, 0.1) is 0 Å². The number of pyridine rings is 1. The van der Waals surface area contributed by atoms with Gasteiger partial charge in [0.2, 0.25) is 5.88 Å². The number of nitrogens with one attached hydrogen (secondary N) is 2. The SMILES string of the molecule is O=C(c1cncc(Oc2cc(NC3Cc4ccccc4C3)ncn2)c1)N1CCc2n[nH]nc2C1. The number of fused-ring (bicyclic) bond motifs is 2. The third-order valence-electron chi connectivity index (χ3n) is 6.18. The second-order valence-electron chi connectivity index (χ2n) is 8.46. The molecule has 1 aliphatic carbocycles. The number of hydrogen-bond donors (Lipinski definition) is 2. The number of aromatic amines is 1. The second-order valence-corrected chi connectivity index (χ2v) is 8.46. The van der Waals surface area contributed by atoms with Crippen LogP contribution in [0.5, 0.6) is 11.6 Å². The van der Waals surface area contributed by atoms with E-state index in [9.17, 15) is 4.79 Å². The zero-order valence-corrected chi connectivity index (χ0v) is 18.3. The maximum Gasteiger partial charge on any atom is 0.255 e. The zero-order valence-electron chi connectivity index (χ0n) is 18.3. The first-order valence-electron chi connectivity index (χ1n) is 11.2. The van der Waals surface area contributed by atoms with Crippen molar-refractivity contribution in [2.45, 2.75) is 31.8 Å². The fourth-order valence-corrected chi connectivity index (χ4v) is 4.51. The molecule has 1 amide bonds. The highest BCUT2D eigenvalue weighted by molar-refractivity contribution is 5.94. The van der Waals surface area contributed by atoms with E-state index in [0.717, 1.165) is 24.2 Å². The lowest BCUT2D eigenvalue weighted by Crippen LogP contribution is -2.36. The Hall–Kier alpha value is -4.34. The highest BCUT2D eigenvalue weighted by Crippen LogP contribution is 2.26. The minimum atomic E-state index is -0.127. The highest BCUT2D eigenvalue weighted by atomic mass is 16.5. The number of rotatable bonds is 5. The van der Waals surface area contributed by atoms with Crippen molar-refractivity contribution < 1.29 is 9.53 Å². The van der Waals surface area contributed by atoms with Gasteiger partial charge in [0.05, 0.1) is 24.0 Å². The Bertz CT molecular complexity index is 1330. The van der Waals surface area contributed by atoms with Gasteiger partial charge in [-0.15, -0.1) is 0 Å². The molecule has 2 N–H and O–H groups in total. The first-order valence-corrected chi connectivity index (χ1v) is 11.2. The summed E-state index contributed by atoms with van der Waals surface area (Å²) >= 11 is 0. The fraction of sp³-hybridized carbons (Fsp3) is 0.250. The third kappa shape index (κ3) is 4.05. The van der Waals surface area contributed by atoms with Gasteiger partial charge in [0.25, 0.3) is 5.91 Å². The van der Waals surface area contributed by atoms with Crippen LogP contribution >= 0.6 is 0 Å². The Morgan fingerprint density at radius 1 is 1.06 bits per heavy atom. The van der Waals surface area contributed by atoms with E-state index in [2.05, 4.69) is 59.9 Å². The van der Waals surface area contributed by atoms with Gasteiger partial charge in [-0.2, -0.15) is 15.4 Å². The van der Waals surface area contributed by atoms with Crippen molar-refractivity contribution in [1.82, 2.24) is 35.3 Å². The number of carbonyl (C=O) groups excluding carboxylic acids is 1. The first-order chi connectivity index (χ1) is 16.7. The van der Waals surface area contributed by atoms with Gasteiger partial charge in [-0.05, 0) is 30.0 Å². The van der Waals surface area contributed by atoms with Crippen LogP contribution in [-0.2, 0) is 25.8 Å². The number of carbonyl (C=O) groups is 1. The molecule has 1 aliphatic heterocycles. The summed E-state index contributed by atoms with van der Waals surface area (Å²) in [6.45, 7) is 0.997. The van der Waals surface area contributed by atoms with Gasteiger partial charge in [-0.1, -0.05) is 24.3 Å². The molecule has 34 heavy (non-hydrogen) atoms. The molecular weight excluding hydrogens is 432 g/mol. The number of ether oxygens (including phenoxy) is 1. The molecule has 0 bridgehead atoms. The molecule has 0 spiro atoms. The van der Waals surface area contributed by atoms with E-state index in [1.807, 2.05) is 0 Å². The Morgan fingerprint density at radius 2 is 1.88 bits per heavy atom. The van der Waals surface area contributed by atoms with E-state index in [1.54, 1.807) is 23.2 Å². The van der Waals surface area contributed by atoms with Gasteiger partial charge in [0.15, 0.2) is 0 Å². The molecular formula is C24H22N8O2. The monoisotopic (exact) mass is 454 g/mol. The topological polar surface area (TPSA) is 122 Å². The number of anilines is 1. The number of hydrogen-bond acceptors (Lipinski definition) is 8.